The molecule has 2 aromatic rings. The number of methoxy groups -OCH3 is 3. The second-order valence-corrected chi connectivity index (χ2v) is 15.1. The van der Waals surface area contributed by atoms with Crippen LogP contribution in [0.1, 0.15) is 52.7 Å². The molecule has 0 amide bonds. The van der Waals surface area contributed by atoms with Crippen molar-refractivity contribution in [2.24, 2.45) is 45.8 Å². The van der Waals surface area contributed by atoms with Crippen molar-refractivity contribution in [3.63, 3.8) is 0 Å². The molecule has 2 saturated heterocycles. The standard InChI is InChI=1S/C38H50O13/c1-36(2,33(40)41)24-19-50-32(30(38(5,6)35(44)45)29(24)37(3,4)34(42)43)51-26-13-11-21(17-28(26)48-9)15-23-22(18-49-31(23)39)14-20-10-12-25(46-7)27(16-20)47-8/h10-13,16-17,22-24,29-30,32H,14-15,18-19H2,1-9H3,(H,40,41)(H,42,43)(H,44,45)/t22-,23+,24+,29-,30-,32-/m0/s1. The Morgan fingerprint density at radius 1 is 0.686 bits per heavy atom. The van der Waals surface area contributed by atoms with Crippen LogP contribution in [0.3, 0.4) is 0 Å². The molecule has 6 atom stereocenters. The van der Waals surface area contributed by atoms with Gasteiger partial charge >= 0.3 is 23.9 Å². The number of aliphatic carboxylic acids is 3. The van der Waals surface area contributed by atoms with Crippen LogP contribution in [0.4, 0.5) is 0 Å². The Morgan fingerprint density at radius 2 is 1.18 bits per heavy atom. The lowest BCUT2D eigenvalue weighted by Crippen LogP contribution is -2.61. The molecule has 4 rings (SSSR count). The van der Waals surface area contributed by atoms with Crippen LogP contribution in [-0.2, 0) is 41.5 Å². The first-order chi connectivity index (χ1) is 23.8. The van der Waals surface area contributed by atoms with Crippen LogP contribution in [0, 0.1) is 45.8 Å². The smallest absolute Gasteiger partial charge is 0.309 e. The molecule has 2 aliphatic heterocycles. The van der Waals surface area contributed by atoms with Gasteiger partial charge < -0.3 is 43.7 Å². The zero-order valence-corrected chi connectivity index (χ0v) is 30.7. The van der Waals surface area contributed by atoms with Crippen molar-refractivity contribution in [1.29, 1.82) is 0 Å². The van der Waals surface area contributed by atoms with Gasteiger partial charge in [0.1, 0.15) is 0 Å². The number of cyclic esters (lactones) is 1. The van der Waals surface area contributed by atoms with Crippen molar-refractivity contribution in [3.8, 4) is 23.0 Å². The van der Waals surface area contributed by atoms with Crippen molar-refractivity contribution in [2.45, 2.75) is 60.7 Å². The summed E-state index contributed by atoms with van der Waals surface area (Å²) in [5.74, 6) is -5.77. The van der Waals surface area contributed by atoms with Gasteiger partial charge in [0.05, 0.1) is 56.7 Å². The summed E-state index contributed by atoms with van der Waals surface area (Å²) in [6, 6.07) is 10.8. The topological polar surface area (TPSA) is 184 Å². The summed E-state index contributed by atoms with van der Waals surface area (Å²) in [5, 5.41) is 30.9. The van der Waals surface area contributed by atoms with Gasteiger partial charge in [-0.2, -0.15) is 0 Å². The van der Waals surface area contributed by atoms with Gasteiger partial charge in [-0.05, 0) is 95.7 Å². The first-order valence-electron chi connectivity index (χ1n) is 16.8. The van der Waals surface area contributed by atoms with Crippen LogP contribution in [0.15, 0.2) is 36.4 Å². The lowest BCUT2D eigenvalue weighted by Gasteiger charge is -2.54. The number of hydrogen-bond donors (Lipinski definition) is 3. The number of rotatable bonds is 15. The molecule has 0 aromatic heterocycles. The van der Waals surface area contributed by atoms with Crippen molar-refractivity contribution >= 4 is 23.9 Å². The first-order valence-corrected chi connectivity index (χ1v) is 16.8. The molecule has 51 heavy (non-hydrogen) atoms. The van der Waals surface area contributed by atoms with Gasteiger partial charge in [0, 0.05) is 17.8 Å². The number of carboxylic acid groups (broad SMARTS) is 3. The summed E-state index contributed by atoms with van der Waals surface area (Å²) in [6.45, 7) is 8.91. The highest BCUT2D eigenvalue weighted by atomic mass is 16.7. The quantitative estimate of drug-likeness (QED) is 0.205. The maximum Gasteiger partial charge on any atom is 0.309 e. The summed E-state index contributed by atoms with van der Waals surface area (Å²) in [5.41, 5.74) is -2.92. The molecule has 0 saturated carbocycles. The van der Waals surface area contributed by atoms with Crippen LogP contribution in [-0.4, -0.2) is 80.0 Å². The van der Waals surface area contributed by atoms with Gasteiger partial charge in [0.2, 0.25) is 6.29 Å². The highest BCUT2D eigenvalue weighted by Gasteiger charge is 2.62. The predicted octanol–water partition coefficient (Wildman–Crippen LogP) is 5.20. The largest absolute Gasteiger partial charge is 0.493 e. The van der Waals surface area contributed by atoms with E-state index in [-0.39, 0.29) is 36.6 Å². The molecule has 0 bridgehead atoms. The van der Waals surface area contributed by atoms with E-state index >= 15 is 0 Å². The molecule has 2 aliphatic rings. The van der Waals surface area contributed by atoms with E-state index < -0.39 is 64.1 Å². The average Bonchev–Trinajstić information content (AvgIpc) is 3.41. The van der Waals surface area contributed by atoms with Crippen molar-refractivity contribution in [2.75, 3.05) is 34.5 Å². The lowest BCUT2D eigenvalue weighted by atomic mass is 9.53. The normalized spacial score (nSPS) is 24.0. The minimum Gasteiger partial charge on any atom is -0.493 e. The Kier molecular flexibility index (Phi) is 11.5. The molecule has 2 fully saturated rings. The number of hydrogen-bond acceptors (Lipinski definition) is 10. The van der Waals surface area contributed by atoms with Gasteiger partial charge in [-0.1, -0.05) is 12.1 Å². The van der Waals surface area contributed by atoms with E-state index in [9.17, 15) is 34.5 Å². The van der Waals surface area contributed by atoms with Crippen LogP contribution < -0.4 is 18.9 Å². The number of ether oxygens (including phenoxy) is 6. The van der Waals surface area contributed by atoms with E-state index in [1.807, 2.05) is 18.2 Å². The molecular weight excluding hydrogens is 664 g/mol. The maximum absolute atomic E-state index is 12.9. The van der Waals surface area contributed by atoms with E-state index in [2.05, 4.69) is 0 Å². The van der Waals surface area contributed by atoms with E-state index in [1.165, 1.54) is 48.7 Å². The monoisotopic (exact) mass is 714 g/mol. The highest BCUT2D eigenvalue weighted by Crippen LogP contribution is 2.55. The number of carbonyl (C=O) groups is 4. The van der Waals surface area contributed by atoms with Gasteiger partial charge in [-0.25, -0.2) is 0 Å². The fraction of sp³-hybridized carbons (Fsp3) is 0.579. The molecule has 2 aromatic carbocycles. The van der Waals surface area contributed by atoms with Gasteiger partial charge in [0.25, 0.3) is 0 Å². The van der Waals surface area contributed by atoms with Crippen LogP contribution >= 0.6 is 0 Å². The zero-order chi connectivity index (χ0) is 38.1. The maximum atomic E-state index is 12.9. The molecule has 3 N–H and O–H groups in total. The SMILES string of the molecule is COc1ccc(C[C@H]2COC(=O)[C@@H]2Cc2ccc(O[C@@H]3OC[C@@H](C(C)(C)C(=O)O)[C@H](C(C)(C)C(=O)O)[C@@H]3C(C)(C)C(=O)O)c(OC)c2)cc1OC. The third-order valence-corrected chi connectivity index (χ3v) is 11.0. The third-order valence-electron chi connectivity index (χ3n) is 11.0. The number of carbonyl (C=O) groups excluding carboxylic acids is 1. The predicted molar refractivity (Wildman–Crippen MR) is 183 cm³/mol. The molecule has 280 valence electrons. The zero-order valence-electron chi connectivity index (χ0n) is 30.7. The Bertz CT molecular complexity index is 1630. The van der Waals surface area contributed by atoms with Crippen LogP contribution in [0.2, 0.25) is 0 Å². The molecule has 13 nitrogen and oxygen atoms in total. The van der Waals surface area contributed by atoms with Crippen molar-refractivity contribution in [1.82, 2.24) is 0 Å². The van der Waals surface area contributed by atoms with Gasteiger partial charge in [-0.3, -0.25) is 19.2 Å². The number of benzene rings is 2. The van der Waals surface area contributed by atoms with E-state index in [0.29, 0.717) is 24.3 Å². The minimum atomic E-state index is -1.62. The highest BCUT2D eigenvalue weighted by molar-refractivity contribution is 5.78. The number of carboxylic acids is 3. The fourth-order valence-electron chi connectivity index (χ4n) is 7.46. The van der Waals surface area contributed by atoms with E-state index in [1.54, 1.807) is 32.4 Å². The Morgan fingerprint density at radius 3 is 1.71 bits per heavy atom. The Hall–Kier alpha value is -4.52. The third kappa shape index (κ3) is 7.73. The Labute approximate surface area is 298 Å². The Balaban J connectivity index is 1.65. The minimum absolute atomic E-state index is 0.107. The number of esters is 1. The van der Waals surface area contributed by atoms with E-state index in [0.717, 1.165) is 11.1 Å². The summed E-state index contributed by atoms with van der Waals surface area (Å²) < 4.78 is 34.5. The lowest BCUT2D eigenvalue weighted by molar-refractivity contribution is -0.247. The fourth-order valence-corrected chi connectivity index (χ4v) is 7.46. The van der Waals surface area contributed by atoms with Crippen molar-refractivity contribution in [3.05, 3.63) is 47.5 Å². The average molecular weight is 715 g/mol. The summed E-state index contributed by atoms with van der Waals surface area (Å²) in [4.78, 5) is 50.8. The summed E-state index contributed by atoms with van der Waals surface area (Å²) in [6.07, 6.45) is -0.360. The molecular formula is C38H50O13. The van der Waals surface area contributed by atoms with E-state index in [4.69, 9.17) is 28.4 Å². The molecule has 2 heterocycles. The summed E-state index contributed by atoms with van der Waals surface area (Å²) in [7, 11) is 4.57. The summed E-state index contributed by atoms with van der Waals surface area (Å²) >= 11 is 0. The second kappa shape index (κ2) is 15.0. The van der Waals surface area contributed by atoms with Crippen LogP contribution in [0.5, 0.6) is 23.0 Å². The van der Waals surface area contributed by atoms with Crippen molar-refractivity contribution < 1.29 is 62.9 Å². The second-order valence-electron chi connectivity index (χ2n) is 15.1. The molecule has 0 unspecified atom stereocenters. The van der Waals surface area contributed by atoms with Gasteiger partial charge in [0.15, 0.2) is 23.0 Å². The van der Waals surface area contributed by atoms with Gasteiger partial charge in [-0.15, -0.1) is 0 Å². The molecule has 13 heteroatoms. The molecule has 0 aliphatic carbocycles. The van der Waals surface area contributed by atoms with Crippen LogP contribution in [0.25, 0.3) is 0 Å². The first kappa shape index (κ1) is 39.3. The molecule has 0 radical (unpaired) electrons. The molecule has 0 spiro atoms.